The van der Waals surface area contributed by atoms with Crippen molar-refractivity contribution in [2.75, 3.05) is 19.7 Å². The van der Waals surface area contributed by atoms with Crippen LogP contribution >= 0.6 is 0 Å². The summed E-state index contributed by atoms with van der Waals surface area (Å²) in [6, 6.07) is 1.96. The van der Waals surface area contributed by atoms with Gasteiger partial charge in [-0.3, -0.25) is 9.48 Å². The van der Waals surface area contributed by atoms with E-state index >= 15 is 0 Å². The molecule has 0 aromatic carbocycles. The molecule has 5 heteroatoms. The average Bonchev–Trinajstić information content (AvgIpc) is 3.01. The van der Waals surface area contributed by atoms with Crippen molar-refractivity contribution in [3.05, 3.63) is 18.5 Å². The van der Waals surface area contributed by atoms with E-state index in [1.54, 1.807) is 0 Å². The molecule has 1 amide bonds. The van der Waals surface area contributed by atoms with Crippen molar-refractivity contribution in [1.29, 1.82) is 0 Å². The predicted octanol–water partition coefficient (Wildman–Crippen LogP) is 1.94. The minimum absolute atomic E-state index is 0.0708. The summed E-state index contributed by atoms with van der Waals surface area (Å²) >= 11 is 0. The van der Waals surface area contributed by atoms with Gasteiger partial charge in [0.05, 0.1) is 12.0 Å². The van der Waals surface area contributed by atoms with Crippen LogP contribution in [0.2, 0.25) is 0 Å². The van der Waals surface area contributed by atoms with Crippen molar-refractivity contribution in [2.24, 2.45) is 11.8 Å². The van der Waals surface area contributed by atoms with E-state index in [2.05, 4.69) is 10.00 Å². The molecule has 0 aliphatic carbocycles. The Bertz CT molecular complexity index is 452. The monoisotopic (exact) mass is 291 g/mol. The first-order chi connectivity index (χ1) is 10.2. The summed E-state index contributed by atoms with van der Waals surface area (Å²) in [6.45, 7) is 5.57. The summed E-state index contributed by atoms with van der Waals surface area (Å²) in [5.41, 5.74) is 0. The van der Waals surface area contributed by atoms with E-state index < -0.39 is 0 Å². The number of carbonyl (C=O) groups excluding carboxylic acids is 1. The molecule has 0 spiro atoms. The van der Waals surface area contributed by atoms with Gasteiger partial charge in [0.1, 0.15) is 0 Å². The van der Waals surface area contributed by atoms with Crippen molar-refractivity contribution in [3.8, 4) is 0 Å². The smallest absolute Gasteiger partial charge is 0.228 e. The molecule has 2 aliphatic rings. The minimum atomic E-state index is 0.0708. The number of ether oxygens (including phenoxy) is 1. The van der Waals surface area contributed by atoms with Crippen LogP contribution in [0.3, 0.4) is 0 Å². The molecule has 2 aliphatic heterocycles. The van der Waals surface area contributed by atoms with E-state index in [9.17, 15) is 4.79 Å². The number of hydrogen-bond donors (Lipinski definition) is 0. The molecule has 21 heavy (non-hydrogen) atoms. The maximum Gasteiger partial charge on any atom is 0.228 e. The van der Waals surface area contributed by atoms with E-state index in [4.69, 9.17) is 4.74 Å². The van der Waals surface area contributed by atoms with Crippen LogP contribution in [-0.2, 0) is 16.1 Å². The lowest BCUT2D eigenvalue weighted by Gasteiger charge is -2.37. The Kier molecular flexibility index (Phi) is 4.58. The highest BCUT2D eigenvalue weighted by atomic mass is 16.5. The molecule has 2 saturated heterocycles. The molecule has 1 aromatic heterocycles. The van der Waals surface area contributed by atoms with Crippen LogP contribution in [0.25, 0.3) is 0 Å². The molecule has 2 atom stereocenters. The summed E-state index contributed by atoms with van der Waals surface area (Å²) in [7, 11) is 0. The number of nitrogens with zero attached hydrogens (tertiary/aromatic N) is 3. The lowest BCUT2D eigenvalue weighted by atomic mass is 9.91. The number of hydrogen-bond acceptors (Lipinski definition) is 3. The van der Waals surface area contributed by atoms with E-state index in [-0.39, 0.29) is 12.0 Å². The van der Waals surface area contributed by atoms with E-state index in [0.717, 1.165) is 51.9 Å². The molecule has 0 saturated carbocycles. The summed E-state index contributed by atoms with van der Waals surface area (Å²) in [6.07, 6.45) is 8.06. The van der Waals surface area contributed by atoms with Gasteiger partial charge in [-0.05, 0) is 44.6 Å². The van der Waals surface area contributed by atoms with Gasteiger partial charge in [-0.15, -0.1) is 0 Å². The first kappa shape index (κ1) is 14.6. The lowest BCUT2D eigenvalue weighted by Crippen LogP contribution is -2.46. The van der Waals surface area contributed by atoms with E-state index in [0.29, 0.717) is 11.8 Å². The molecule has 0 radical (unpaired) electrons. The zero-order valence-electron chi connectivity index (χ0n) is 12.8. The fourth-order valence-electron chi connectivity index (χ4n) is 3.49. The Morgan fingerprint density at radius 1 is 1.33 bits per heavy atom. The normalized spacial score (nSPS) is 27.8. The highest BCUT2D eigenvalue weighted by molar-refractivity contribution is 5.79. The molecular formula is C16H25N3O2. The molecule has 2 fully saturated rings. The van der Waals surface area contributed by atoms with Gasteiger partial charge >= 0.3 is 0 Å². The van der Waals surface area contributed by atoms with Crippen LogP contribution in [-0.4, -0.2) is 46.4 Å². The SMILES string of the molecule is CC1OCCCC1C(=O)N1CCC(Cn2cccn2)CC1. The van der Waals surface area contributed by atoms with Gasteiger partial charge in [-0.1, -0.05) is 0 Å². The van der Waals surface area contributed by atoms with Gasteiger partial charge in [0.25, 0.3) is 0 Å². The molecule has 2 unspecified atom stereocenters. The summed E-state index contributed by atoms with van der Waals surface area (Å²) in [5.74, 6) is 1.01. The number of aromatic nitrogens is 2. The molecule has 5 nitrogen and oxygen atoms in total. The third kappa shape index (κ3) is 3.46. The minimum Gasteiger partial charge on any atom is -0.378 e. The van der Waals surface area contributed by atoms with Crippen LogP contribution < -0.4 is 0 Å². The Balaban J connectivity index is 1.49. The van der Waals surface area contributed by atoms with Crippen LogP contribution in [0.1, 0.15) is 32.6 Å². The van der Waals surface area contributed by atoms with Gasteiger partial charge in [0.2, 0.25) is 5.91 Å². The van der Waals surface area contributed by atoms with Gasteiger partial charge in [-0.2, -0.15) is 5.10 Å². The van der Waals surface area contributed by atoms with Gasteiger partial charge < -0.3 is 9.64 Å². The fraction of sp³-hybridized carbons (Fsp3) is 0.750. The lowest BCUT2D eigenvalue weighted by molar-refractivity contribution is -0.145. The van der Waals surface area contributed by atoms with Crippen molar-refractivity contribution in [2.45, 2.75) is 45.3 Å². The zero-order valence-corrected chi connectivity index (χ0v) is 12.8. The van der Waals surface area contributed by atoms with Crippen LogP contribution in [0.15, 0.2) is 18.5 Å². The average molecular weight is 291 g/mol. The van der Waals surface area contributed by atoms with Gasteiger partial charge in [0, 0.05) is 38.6 Å². The maximum atomic E-state index is 12.6. The highest BCUT2D eigenvalue weighted by Gasteiger charge is 2.33. The number of piperidine rings is 1. The molecule has 0 N–H and O–H groups in total. The standard InChI is InChI=1S/C16H25N3O2/c1-13-15(4-2-11-21-13)16(20)18-9-5-14(6-10-18)12-19-8-3-7-17-19/h3,7-8,13-15H,2,4-6,9-12H2,1H3. The second-order valence-corrected chi connectivity index (χ2v) is 6.32. The second-order valence-electron chi connectivity index (χ2n) is 6.32. The fourth-order valence-corrected chi connectivity index (χ4v) is 3.49. The van der Waals surface area contributed by atoms with E-state index in [1.165, 1.54) is 0 Å². The first-order valence-corrected chi connectivity index (χ1v) is 8.12. The number of amides is 1. The quantitative estimate of drug-likeness (QED) is 0.855. The zero-order chi connectivity index (χ0) is 14.7. The van der Waals surface area contributed by atoms with Crippen molar-refractivity contribution < 1.29 is 9.53 Å². The molecule has 0 bridgehead atoms. The highest BCUT2D eigenvalue weighted by Crippen LogP contribution is 2.26. The predicted molar refractivity (Wildman–Crippen MR) is 79.7 cm³/mol. The Morgan fingerprint density at radius 3 is 2.81 bits per heavy atom. The van der Waals surface area contributed by atoms with Gasteiger partial charge in [-0.25, -0.2) is 0 Å². The van der Waals surface area contributed by atoms with Crippen molar-refractivity contribution >= 4 is 5.91 Å². The van der Waals surface area contributed by atoms with Gasteiger partial charge in [0.15, 0.2) is 0 Å². The second kappa shape index (κ2) is 6.60. The van der Waals surface area contributed by atoms with Crippen LogP contribution in [0.5, 0.6) is 0 Å². The summed E-state index contributed by atoms with van der Waals surface area (Å²) < 4.78 is 7.63. The summed E-state index contributed by atoms with van der Waals surface area (Å²) in [4.78, 5) is 14.7. The van der Waals surface area contributed by atoms with Crippen molar-refractivity contribution in [3.63, 3.8) is 0 Å². The largest absolute Gasteiger partial charge is 0.378 e. The first-order valence-electron chi connectivity index (χ1n) is 8.12. The third-order valence-electron chi connectivity index (χ3n) is 4.85. The summed E-state index contributed by atoms with van der Waals surface area (Å²) in [5, 5.41) is 4.27. The number of likely N-dealkylation sites (tertiary alicyclic amines) is 1. The molecule has 3 heterocycles. The van der Waals surface area contributed by atoms with Crippen LogP contribution in [0, 0.1) is 11.8 Å². The topological polar surface area (TPSA) is 47.4 Å². The number of rotatable bonds is 3. The Morgan fingerprint density at radius 2 is 2.14 bits per heavy atom. The van der Waals surface area contributed by atoms with Crippen LogP contribution in [0.4, 0.5) is 0 Å². The maximum absolute atomic E-state index is 12.6. The van der Waals surface area contributed by atoms with E-state index in [1.807, 2.05) is 30.1 Å². The molecule has 1 aromatic rings. The van der Waals surface area contributed by atoms with Crippen molar-refractivity contribution in [1.82, 2.24) is 14.7 Å². The molecular weight excluding hydrogens is 266 g/mol. The number of carbonyl (C=O) groups is 1. The molecule has 3 rings (SSSR count). The third-order valence-corrected chi connectivity index (χ3v) is 4.85. The Labute approximate surface area is 126 Å². The Hall–Kier alpha value is -1.36. The molecule has 116 valence electrons.